The molecule has 0 saturated heterocycles. The van der Waals surface area contributed by atoms with Gasteiger partial charge in [-0.1, -0.05) is 69.5 Å². The third kappa shape index (κ3) is 9.26. The zero-order valence-corrected chi connectivity index (χ0v) is 19.2. The largest absolute Gasteiger partial charge is 0.501 e. The second-order valence-electron chi connectivity index (χ2n) is 8.73. The van der Waals surface area contributed by atoms with Crippen molar-refractivity contribution < 1.29 is 18.8 Å². The molecule has 1 aromatic rings. The van der Waals surface area contributed by atoms with Gasteiger partial charge in [0.25, 0.3) is 8.32 Å². The first-order chi connectivity index (χ1) is 13.0. The quantitative estimate of drug-likeness (QED) is 0.344. The number of carbonyl (C=O) groups excluding carboxylic acids is 2. The van der Waals surface area contributed by atoms with E-state index in [4.69, 9.17) is 9.16 Å². The van der Waals surface area contributed by atoms with E-state index in [2.05, 4.69) is 51.8 Å². The molecule has 1 rings (SSSR count). The third-order valence-electron chi connectivity index (χ3n) is 4.08. The van der Waals surface area contributed by atoms with Gasteiger partial charge in [-0.25, -0.2) is 9.59 Å². The molecule has 0 radical (unpaired) electrons. The molecule has 0 bridgehead atoms. The van der Waals surface area contributed by atoms with Crippen molar-refractivity contribution in [1.29, 1.82) is 0 Å². The average Bonchev–Trinajstić information content (AvgIpc) is 2.52. The van der Waals surface area contributed by atoms with Gasteiger partial charge < -0.3 is 9.16 Å². The molecule has 0 aliphatic rings. The van der Waals surface area contributed by atoms with E-state index in [-0.39, 0.29) is 0 Å². The van der Waals surface area contributed by atoms with Crippen molar-refractivity contribution in [3.05, 3.63) is 29.8 Å². The maximum Gasteiger partial charge on any atom is 0.458 e. The number of amides is 2. The minimum atomic E-state index is -2.36. The first-order valence-corrected chi connectivity index (χ1v) is 12.5. The molecule has 0 heterocycles. The zero-order valence-electron chi connectivity index (χ0n) is 18.2. The number of ether oxygens (including phenoxy) is 1. The lowest BCUT2D eigenvalue weighted by Crippen LogP contribution is -2.43. The second-order valence-corrected chi connectivity index (χ2v) is 12.5. The molecule has 0 aliphatic heterocycles. The van der Waals surface area contributed by atoms with Crippen molar-refractivity contribution in [2.45, 2.75) is 66.6 Å². The summed E-state index contributed by atoms with van der Waals surface area (Å²) >= 11 is 0. The highest BCUT2D eigenvalue weighted by atomic mass is 28.4. The molecular weight excluding hydrogens is 372 g/mol. The van der Waals surface area contributed by atoms with Crippen molar-refractivity contribution in [2.75, 3.05) is 0 Å². The van der Waals surface area contributed by atoms with Gasteiger partial charge in [0.15, 0.2) is 0 Å². The fourth-order valence-corrected chi connectivity index (χ4v) is 9.25. The molecule has 0 N–H and O–H groups in total. The Bertz CT molecular complexity index is 643. The number of hydrogen-bond donors (Lipinski definition) is 0. The Morgan fingerprint density at radius 3 is 1.68 bits per heavy atom. The molecule has 7 heteroatoms. The summed E-state index contributed by atoms with van der Waals surface area (Å²) in [6, 6.07) is 9.57. The summed E-state index contributed by atoms with van der Waals surface area (Å²) in [5, 5.41) is 6.84. The van der Waals surface area contributed by atoms with Gasteiger partial charge in [0.1, 0.15) is 5.75 Å². The molecule has 0 saturated carbocycles. The first-order valence-electron chi connectivity index (χ1n) is 9.94. The van der Waals surface area contributed by atoms with Crippen molar-refractivity contribution >= 4 is 20.5 Å². The fourth-order valence-electron chi connectivity index (χ4n) is 3.62. The topological polar surface area (TPSA) is 77.3 Å². The van der Waals surface area contributed by atoms with Crippen LogP contribution >= 0.6 is 0 Å². The second kappa shape index (κ2) is 11.1. The lowest BCUT2D eigenvalue weighted by Gasteiger charge is -2.34. The SMILES string of the molecule is Cc1ccc(OC(=O)N=NC(=O)O[Si](CC(C)C)(CC(C)C)CC(C)C)cc1. The number of rotatable bonds is 8. The Kier molecular flexibility index (Phi) is 9.51. The van der Waals surface area contributed by atoms with Gasteiger partial charge in [0.2, 0.25) is 0 Å². The number of aryl methyl sites for hydroxylation is 1. The van der Waals surface area contributed by atoms with E-state index in [1.807, 2.05) is 19.1 Å². The van der Waals surface area contributed by atoms with Crippen LogP contribution in [0.2, 0.25) is 18.1 Å². The van der Waals surface area contributed by atoms with Gasteiger partial charge in [-0.05, 0) is 54.9 Å². The summed E-state index contributed by atoms with van der Waals surface area (Å²) in [6.07, 6.45) is -1.74. The minimum Gasteiger partial charge on any atom is -0.501 e. The van der Waals surface area contributed by atoms with Crippen LogP contribution in [0.4, 0.5) is 9.59 Å². The van der Waals surface area contributed by atoms with Gasteiger partial charge in [-0.15, -0.1) is 0 Å². The van der Waals surface area contributed by atoms with E-state index in [0.29, 0.717) is 23.5 Å². The smallest absolute Gasteiger partial charge is 0.458 e. The molecule has 156 valence electrons. The molecule has 0 unspecified atom stereocenters. The molecular formula is C21H34N2O4Si. The van der Waals surface area contributed by atoms with Gasteiger partial charge in [0.05, 0.1) is 0 Å². The van der Waals surface area contributed by atoms with Crippen molar-refractivity contribution in [3.63, 3.8) is 0 Å². The van der Waals surface area contributed by atoms with Crippen molar-refractivity contribution in [2.24, 2.45) is 28.0 Å². The molecule has 2 amide bonds. The Balaban J connectivity index is 2.83. The number of hydrogen-bond acceptors (Lipinski definition) is 4. The van der Waals surface area contributed by atoms with E-state index in [9.17, 15) is 9.59 Å². The minimum absolute atomic E-state index is 0.353. The van der Waals surface area contributed by atoms with Crippen LogP contribution in [0.5, 0.6) is 5.75 Å². The Hall–Kier alpha value is -2.02. The molecule has 0 fully saturated rings. The molecule has 0 aromatic heterocycles. The number of azo groups is 1. The summed E-state index contributed by atoms with van der Waals surface area (Å²) in [5.74, 6) is 1.60. The standard InChI is InChI=1S/C21H34N2O4Si/c1-15(2)12-28(13-16(3)4,14-17(5)6)27-21(25)23-22-20(24)26-19-10-8-18(7)9-11-19/h8-11,15-17H,12-14H2,1-7H3. The van der Waals surface area contributed by atoms with Crippen LogP contribution in [0.1, 0.15) is 47.1 Å². The maximum atomic E-state index is 12.3. The predicted octanol–water partition coefficient (Wildman–Crippen LogP) is 7.00. The molecule has 0 spiro atoms. The Morgan fingerprint density at radius 2 is 1.25 bits per heavy atom. The lowest BCUT2D eigenvalue weighted by molar-refractivity contribution is 0.197. The highest BCUT2D eigenvalue weighted by molar-refractivity contribution is 6.75. The molecule has 0 aliphatic carbocycles. The predicted molar refractivity (Wildman–Crippen MR) is 113 cm³/mol. The summed E-state index contributed by atoms with van der Waals surface area (Å²) in [7, 11) is -2.36. The zero-order chi connectivity index (χ0) is 21.3. The summed E-state index contributed by atoms with van der Waals surface area (Å²) in [6.45, 7) is 14.7. The number of carbonyl (C=O) groups is 2. The monoisotopic (exact) mass is 406 g/mol. The van der Waals surface area contributed by atoms with E-state index in [0.717, 1.165) is 23.7 Å². The van der Waals surface area contributed by atoms with Gasteiger partial charge in [-0.2, -0.15) is 0 Å². The highest BCUT2D eigenvalue weighted by Gasteiger charge is 2.40. The van der Waals surface area contributed by atoms with Gasteiger partial charge in [0, 0.05) is 0 Å². The lowest BCUT2D eigenvalue weighted by atomic mass is 10.2. The Morgan fingerprint density at radius 1 is 0.821 bits per heavy atom. The highest BCUT2D eigenvalue weighted by Crippen LogP contribution is 2.33. The third-order valence-corrected chi connectivity index (χ3v) is 9.37. The molecule has 28 heavy (non-hydrogen) atoms. The van der Waals surface area contributed by atoms with Crippen molar-refractivity contribution in [1.82, 2.24) is 0 Å². The molecule has 0 atom stereocenters. The summed E-state index contributed by atoms with van der Waals surface area (Å²) in [5.41, 5.74) is 1.05. The van der Waals surface area contributed by atoms with Crippen LogP contribution in [0.25, 0.3) is 0 Å². The van der Waals surface area contributed by atoms with Crippen LogP contribution in [0, 0.1) is 24.7 Å². The van der Waals surface area contributed by atoms with E-state index in [1.165, 1.54) is 0 Å². The van der Waals surface area contributed by atoms with Crippen molar-refractivity contribution in [3.8, 4) is 5.75 Å². The average molecular weight is 407 g/mol. The van der Waals surface area contributed by atoms with Crippen LogP contribution in [-0.2, 0) is 4.43 Å². The summed E-state index contributed by atoms with van der Waals surface area (Å²) in [4.78, 5) is 24.2. The normalized spacial score (nSPS) is 12.2. The van der Waals surface area contributed by atoms with Gasteiger partial charge >= 0.3 is 12.2 Å². The van der Waals surface area contributed by atoms with E-state index >= 15 is 0 Å². The molecule has 6 nitrogen and oxygen atoms in total. The fraction of sp³-hybridized carbons (Fsp3) is 0.619. The van der Waals surface area contributed by atoms with Crippen LogP contribution in [0.3, 0.4) is 0 Å². The number of benzene rings is 1. The van der Waals surface area contributed by atoms with Crippen LogP contribution < -0.4 is 4.74 Å². The van der Waals surface area contributed by atoms with Crippen LogP contribution in [0.15, 0.2) is 34.5 Å². The molecule has 1 aromatic carbocycles. The number of nitrogens with zero attached hydrogens (tertiary/aromatic N) is 2. The van der Waals surface area contributed by atoms with E-state index in [1.54, 1.807) is 12.1 Å². The first kappa shape index (κ1) is 24.0. The van der Waals surface area contributed by atoms with E-state index < -0.39 is 20.5 Å². The van der Waals surface area contributed by atoms with Crippen LogP contribution in [-0.4, -0.2) is 20.5 Å². The Labute approximate surface area is 169 Å². The summed E-state index contributed by atoms with van der Waals surface area (Å²) < 4.78 is 11.0. The maximum absolute atomic E-state index is 12.3. The van der Waals surface area contributed by atoms with Gasteiger partial charge in [-0.3, -0.25) is 0 Å².